The van der Waals surface area contributed by atoms with E-state index in [0.29, 0.717) is 17.9 Å². The molecule has 9 heteroatoms. The Balaban J connectivity index is 1.47. The maximum Gasteiger partial charge on any atom is 0.416 e. The average Bonchev–Trinajstić information content (AvgIpc) is 3.21. The molecule has 0 spiro atoms. The Labute approximate surface area is 171 Å². The van der Waals surface area contributed by atoms with Gasteiger partial charge in [0.05, 0.1) is 18.1 Å². The van der Waals surface area contributed by atoms with Crippen molar-refractivity contribution in [2.24, 2.45) is 0 Å². The van der Waals surface area contributed by atoms with Crippen molar-refractivity contribution in [1.29, 1.82) is 0 Å². The molecule has 30 heavy (non-hydrogen) atoms. The van der Waals surface area contributed by atoms with Crippen LogP contribution in [0.5, 0.6) is 0 Å². The molecule has 6 nitrogen and oxygen atoms in total. The van der Waals surface area contributed by atoms with E-state index in [1.807, 2.05) is 0 Å². The molecule has 1 unspecified atom stereocenters. The highest BCUT2D eigenvalue weighted by atomic mass is 19.4. The number of urea groups is 1. The first kappa shape index (κ1) is 21.6. The lowest BCUT2D eigenvalue weighted by Crippen LogP contribution is -2.35. The smallest absolute Gasteiger partial charge is 0.376 e. The van der Waals surface area contributed by atoms with Gasteiger partial charge in [0, 0.05) is 24.5 Å². The molecule has 0 aliphatic carbocycles. The molecular weight excluding hydrogens is 399 g/mol. The van der Waals surface area contributed by atoms with E-state index in [1.54, 1.807) is 24.3 Å². The summed E-state index contributed by atoms with van der Waals surface area (Å²) in [4.78, 5) is 24.0. The van der Waals surface area contributed by atoms with Gasteiger partial charge in [-0.2, -0.15) is 13.2 Å². The molecule has 1 heterocycles. The Bertz CT molecular complexity index is 879. The highest BCUT2D eigenvalue weighted by molar-refractivity contribution is 5.93. The van der Waals surface area contributed by atoms with Crippen LogP contribution in [0.15, 0.2) is 48.5 Å². The summed E-state index contributed by atoms with van der Waals surface area (Å²) in [5.41, 5.74) is 0.484. The molecule has 1 fully saturated rings. The van der Waals surface area contributed by atoms with Crippen LogP contribution in [0.4, 0.5) is 29.3 Å². The molecule has 3 N–H and O–H groups in total. The van der Waals surface area contributed by atoms with Crippen LogP contribution in [0.3, 0.4) is 0 Å². The predicted molar refractivity (Wildman–Crippen MR) is 106 cm³/mol. The fourth-order valence-corrected chi connectivity index (χ4v) is 3.07. The largest absolute Gasteiger partial charge is 0.416 e. The Kier molecular flexibility index (Phi) is 6.94. The number of halogens is 3. The van der Waals surface area contributed by atoms with Crippen LogP contribution in [0, 0.1) is 0 Å². The van der Waals surface area contributed by atoms with E-state index in [4.69, 9.17) is 4.74 Å². The van der Waals surface area contributed by atoms with Gasteiger partial charge in [-0.05, 0) is 48.7 Å². The lowest BCUT2D eigenvalue weighted by Gasteiger charge is -2.12. The van der Waals surface area contributed by atoms with Crippen molar-refractivity contribution in [3.63, 3.8) is 0 Å². The van der Waals surface area contributed by atoms with Gasteiger partial charge in [-0.3, -0.25) is 4.79 Å². The maximum absolute atomic E-state index is 12.8. The van der Waals surface area contributed by atoms with Gasteiger partial charge in [-0.1, -0.05) is 18.2 Å². The Morgan fingerprint density at radius 2 is 1.73 bits per heavy atom. The zero-order chi connectivity index (χ0) is 21.6. The molecule has 0 radical (unpaired) electrons. The van der Waals surface area contributed by atoms with Crippen LogP contribution in [0.2, 0.25) is 0 Å². The minimum atomic E-state index is -4.45. The fraction of sp³-hybridized carbons (Fsp3) is 0.333. The molecule has 1 aliphatic heterocycles. The second kappa shape index (κ2) is 9.62. The van der Waals surface area contributed by atoms with Crippen molar-refractivity contribution in [2.75, 3.05) is 23.8 Å². The normalized spacial score (nSPS) is 16.2. The summed E-state index contributed by atoms with van der Waals surface area (Å²) in [6.45, 7) is 1.16. The quantitative estimate of drug-likeness (QED) is 0.655. The highest BCUT2D eigenvalue weighted by Gasteiger charge is 2.30. The van der Waals surface area contributed by atoms with Crippen LogP contribution in [0.25, 0.3) is 0 Å². The number of rotatable bonds is 6. The van der Waals surface area contributed by atoms with Gasteiger partial charge in [0.25, 0.3) is 0 Å². The molecule has 0 aromatic heterocycles. The summed E-state index contributed by atoms with van der Waals surface area (Å²) < 4.78 is 43.7. The van der Waals surface area contributed by atoms with E-state index in [1.165, 1.54) is 12.1 Å². The number of ether oxygens (including phenoxy) is 1. The van der Waals surface area contributed by atoms with Crippen LogP contribution in [0.1, 0.15) is 24.0 Å². The molecule has 1 atom stereocenters. The Morgan fingerprint density at radius 1 is 1.03 bits per heavy atom. The average molecular weight is 421 g/mol. The van der Waals surface area contributed by atoms with Gasteiger partial charge in [-0.15, -0.1) is 0 Å². The van der Waals surface area contributed by atoms with Gasteiger partial charge in [-0.25, -0.2) is 4.79 Å². The van der Waals surface area contributed by atoms with Crippen LogP contribution in [-0.2, 0) is 22.1 Å². The van der Waals surface area contributed by atoms with Crippen molar-refractivity contribution < 1.29 is 27.5 Å². The standard InChI is InChI=1S/C21H22F3N3O3/c22-21(23,24)15-4-1-3-14(11-15)12-19(28)26-16-6-8-17(9-7-16)27-20(29)25-13-18-5-2-10-30-18/h1,3-4,6-9,11,18H,2,5,10,12-13H2,(H,26,28)(H2,25,27,29). The van der Waals surface area contributed by atoms with Crippen molar-refractivity contribution in [3.8, 4) is 0 Å². The molecule has 3 amide bonds. The molecule has 0 saturated carbocycles. The van der Waals surface area contributed by atoms with E-state index in [0.717, 1.165) is 31.6 Å². The number of benzene rings is 2. The number of hydrogen-bond acceptors (Lipinski definition) is 3. The summed E-state index contributed by atoms with van der Waals surface area (Å²) in [5, 5.41) is 8.05. The van der Waals surface area contributed by atoms with Crippen molar-refractivity contribution in [2.45, 2.75) is 31.5 Å². The summed E-state index contributed by atoms with van der Waals surface area (Å²) in [6.07, 6.45) is -2.67. The number of carbonyl (C=O) groups excluding carboxylic acids is 2. The third kappa shape index (κ3) is 6.48. The van der Waals surface area contributed by atoms with Crippen LogP contribution >= 0.6 is 0 Å². The zero-order valence-electron chi connectivity index (χ0n) is 16.1. The number of amides is 3. The summed E-state index contributed by atoms with van der Waals surface area (Å²) in [7, 11) is 0. The molecule has 1 aliphatic rings. The van der Waals surface area contributed by atoms with Gasteiger partial charge in [0.2, 0.25) is 5.91 Å². The molecule has 2 aromatic rings. The molecule has 2 aromatic carbocycles. The molecule has 160 valence electrons. The molecule has 0 bridgehead atoms. The number of hydrogen-bond donors (Lipinski definition) is 3. The summed E-state index contributed by atoms with van der Waals surface area (Å²) in [6, 6.07) is 10.7. The van der Waals surface area contributed by atoms with Crippen molar-refractivity contribution in [3.05, 3.63) is 59.7 Å². The van der Waals surface area contributed by atoms with E-state index in [-0.39, 0.29) is 24.1 Å². The lowest BCUT2D eigenvalue weighted by atomic mass is 10.1. The van der Waals surface area contributed by atoms with Gasteiger partial charge in [0.15, 0.2) is 0 Å². The predicted octanol–water partition coefficient (Wildman–Crippen LogP) is 4.19. The third-order valence-corrected chi connectivity index (χ3v) is 4.56. The SMILES string of the molecule is O=C(Cc1cccc(C(F)(F)F)c1)Nc1ccc(NC(=O)NCC2CCCO2)cc1. The van der Waals surface area contributed by atoms with E-state index >= 15 is 0 Å². The van der Waals surface area contributed by atoms with Gasteiger partial charge < -0.3 is 20.7 Å². The topological polar surface area (TPSA) is 79.5 Å². The monoisotopic (exact) mass is 421 g/mol. The third-order valence-electron chi connectivity index (χ3n) is 4.56. The van der Waals surface area contributed by atoms with Gasteiger partial charge >= 0.3 is 12.2 Å². The summed E-state index contributed by atoms with van der Waals surface area (Å²) >= 11 is 0. The Hall–Kier alpha value is -3.07. The number of anilines is 2. The first-order chi connectivity index (χ1) is 14.3. The first-order valence-corrected chi connectivity index (χ1v) is 9.52. The zero-order valence-corrected chi connectivity index (χ0v) is 16.1. The van der Waals surface area contributed by atoms with E-state index < -0.39 is 17.6 Å². The van der Waals surface area contributed by atoms with E-state index in [2.05, 4.69) is 16.0 Å². The van der Waals surface area contributed by atoms with Crippen molar-refractivity contribution in [1.82, 2.24) is 5.32 Å². The number of alkyl halides is 3. The minimum Gasteiger partial charge on any atom is -0.376 e. The van der Waals surface area contributed by atoms with Crippen LogP contribution < -0.4 is 16.0 Å². The Morgan fingerprint density at radius 3 is 2.37 bits per heavy atom. The second-order valence-electron chi connectivity index (χ2n) is 6.97. The molecule has 3 rings (SSSR count). The highest BCUT2D eigenvalue weighted by Crippen LogP contribution is 2.29. The number of nitrogens with one attached hydrogen (secondary N) is 3. The molecular formula is C21H22F3N3O3. The lowest BCUT2D eigenvalue weighted by molar-refractivity contribution is -0.137. The first-order valence-electron chi connectivity index (χ1n) is 9.52. The van der Waals surface area contributed by atoms with Crippen molar-refractivity contribution >= 4 is 23.3 Å². The minimum absolute atomic E-state index is 0.0464. The fourth-order valence-electron chi connectivity index (χ4n) is 3.07. The van der Waals surface area contributed by atoms with Gasteiger partial charge in [0.1, 0.15) is 0 Å². The summed E-state index contributed by atoms with van der Waals surface area (Å²) in [5.74, 6) is -0.440. The number of carbonyl (C=O) groups is 2. The molecule has 1 saturated heterocycles. The maximum atomic E-state index is 12.8. The van der Waals surface area contributed by atoms with Crippen LogP contribution in [-0.4, -0.2) is 31.2 Å². The van der Waals surface area contributed by atoms with E-state index in [9.17, 15) is 22.8 Å². The second-order valence-corrected chi connectivity index (χ2v) is 6.97.